The molecule has 1 aromatic carbocycles. The van der Waals surface area contributed by atoms with E-state index in [9.17, 15) is 9.18 Å². The van der Waals surface area contributed by atoms with Crippen molar-refractivity contribution in [2.45, 2.75) is 12.5 Å². The quantitative estimate of drug-likeness (QED) is 0.666. The molecule has 3 rings (SSSR count). The number of rotatable bonds is 7. The van der Waals surface area contributed by atoms with Crippen LogP contribution >= 0.6 is 0 Å². The van der Waals surface area contributed by atoms with Crippen LogP contribution in [0.3, 0.4) is 0 Å². The number of halogens is 1. The fourth-order valence-corrected chi connectivity index (χ4v) is 2.76. The Morgan fingerprint density at radius 2 is 2.04 bits per heavy atom. The molecule has 0 spiro atoms. The Labute approximate surface area is 156 Å². The highest BCUT2D eigenvalue weighted by Gasteiger charge is 2.22. The van der Waals surface area contributed by atoms with Crippen LogP contribution in [0.1, 0.15) is 17.4 Å². The summed E-state index contributed by atoms with van der Waals surface area (Å²) in [4.78, 5) is 22.8. The standard InChI is InChI=1S/C19H21FN6O/c1-26(2)17(13-5-7-15(20)8-6-13)19(27)22-11-9-16-23-18(25-24-16)14-4-3-10-21-12-14/h3-8,10,12,17H,9,11H2,1-2H3,(H,22,27)(H,23,24,25). The van der Waals surface area contributed by atoms with Crippen LogP contribution in [0.15, 0.2) is 48.8 Å². The van der Waals surface area contributed by atoms with Crippen LogP contribution in [0, 0.1) is 5.82 Å². The van der Waals surface area contributed by atoms with E-state index < -0.39 is 6.04 Å². The van der Waals surface area contributed by atoms with Gasteiger partial charge in [0.05, 0.1) is 0 Å². The fourth-order valence-electron chi connectivity index (χ4n) is 2.76. The molecule has 2 N–H and O–H groups in total. The van der Waals surface area contributed by atoms with Gasteiger partial charge < -0.3 is 5.32 Å². The number of hydrogen-bond acceptors (Lipinski definition) is 5. The minimum Gasteiger partial charge on any atom is -0.354 e. The van der Waals surface area contributed by atoms with Crippen LogP contribution < -0.4 is 5.32 Å². The Bertz CT molecular complexity index is 879. The SMILES string of the molecule is CN(C)C(C(=O)NCCc1nc(-c2cccnc2)n[nH]1)c1ccc(F)cc1. The molecule has 0 saturated carbocycles. The van der Waals surface area contributed by atoms with Crippen molar-refractivity contribution in [3.05, 3.63) is 66.0 Å². The summed E-state index contributed by atoms with van der Waals surface area (Å²) in [6.45, 7) is 0.409. The fraction of sp³-hybridized carbons (Fsp3) is 0.263. The van der Waals surface area contributed by atoms with Gasteiger partial charge in [0.1, 0.15) is 17.7 Å². The van der Waals surface area contributed by atoms with Crippen molar-refractivity contribution >= 4 is 5.91 Å². The van der Waals surface area contributed by atoms with Crippen LogP contribution in [0.4, 0.5) is 4.39 Å². The molecule has 2 heterocycles. The van der Waals surface area contributed by atoms with E-state index in [-0.39, 0.29) is 11.7 Å². The number of aromatic amines is 1. The molecule has 7 nitrogen and oxygen atoms in total. The minimum atomic E-state index is -0.494. The molecule has 0 aliphatic rings. The molecule has 0 bridgehead atoms. The lowest BCUT2D eigenvalue weighted by Gasteiger charge is -2.23. The summed E-state index contributed by atoms with van der Waals surface area (Å²) in [5.41, 5.74) is 1.56. The highest BCUT2D eigenvalue weighted by Crippen LogP contribution is 2.19. The van der Waals surface area contributed by atoms with Gasteiger partial charge in [0.25, 0.3) is 0 Å². The summed E-state index contributed by atoms with van der Waals surface area (Å²) in [5, 5.41) is 9.95. The van der Waals surface area contributed by atoms with Crippen LogP contribution in [0.25, 0.3) is 11.4 Å². The highest BCUT2D eigenvalue weighted by molar-refractivity contribution is 5.83. The third-order valence-electron chi connectivity index (χ3n) is 4.06. The van der Waals surface area contributed by atoms with Crippen molar-refractivity contribution < 1.29 is 9.18 Å². The summed E-state index contributed by atoms with van der Waals surface area (Å²) in [5.74, 6) is 0.768. The molecule has 8 heteroatoms. The van der Waals surface area contributed by atoms with Gasteiger partial charge in [-0.25, -0.2) is 9.37 Å². The molecule has 0 aliphatic carbocycles. The Morgan fingerprint density at radius 3 is 2.70 bits per heavy atom. The zero-order chi connectivity index (χ0) is 19.2. The number of likely N-dealkylation sites (N-methyl/N-ethyl adjacent to an activating group) is 1. The number of carbonyl (C=O) groups is 1. The normalized spacial score (nSPS) is 12.1. The van der Waals surface area contributed by atoms with Crippen molar-refractivity contribution in [2.24, 2.45) is 0 Å². The number of aromatic nitrogens is 4. The number of carbonyl (C=O) groups excluding carboxylic acids is 1. The van der Waals surface area contributed by atoms with E-state index in [0.29, 0.717) is 24.6 Å². The predicted octanol–water partition coefficient (Wildman–Crippen LogP) is 1.97. The molecule has 0 saturated heterocycles. The third-order valence-corrected chi connectivity index (χ3v) is 4.06. The van der Waals surface area contributed by atoms with Gasteiger partial charge in [0.15, 0.2) is 5.82 Å². The summed E-state index contributed by atoms with van der Waals surface area (Å²) in [6.07, 6.45) is 3.90. The van der Waals surface area contributed by atoms with Crippen LogP contribution in [0.2, 0.25) is 0 Å². The van der Waals surface area contributed by atoms with Gasteiger partial charge in [-0.3, -0.25) is 19.8 Å². The largest absolute Gasteiger partial charge is 0.354 e. The van der Waals surface area contributed by atoms with Gasteiger partial charge in [-0.2, -0.15) is 5.10 Å². The topological polar surface area (TPSA) is 86.8 Å². The lowest BCUT2D eigenvalue weighted by Crippen LogP contribution is -2.38. The monoisotopic (exact) mass is 368 g/mol. The van der Waals surface area contributed by atoms with E-state index in [1.54, 1.807) is 29.4 Å². The van der Waals surface area contributed by atoms with Crippen molar-refractivity contribution in [3.63, 3.8) is 0 Å². The van der Waals surface area contributed by atoms with E-state index in [4.69, 9.17) is 0 Å². The van der Waals surface area contributed by atoms with Crippen LogP contribution in [0.5, 0.6) is 0 Å². The Kier molecular flexibility index (Phi) is 5.87. The molecule has 1 unspecified atom stereocenters. The van der Waals surface area contributed by atoms with E-state index in [1.165, 1.54) is 12.1 Å². The van der Waals surface area contributed by atoms with Crippen molar-refractivity contribution in [2.75, 3.05) is 20.6 Å². The summed E-state index contributed by atoms with van der Waals surface area (Å²) < 4.78 is 13.1. The van der Waals surface area contributed by atoms with E-state index in [2.05, 4.69) is 25.5 Å². The molecule has 3 aromatic rings. The maximum absolute atomic E-state index is 13.1. The average molecular weight is 368 g/mol. The zero-order valence-electron chi connectivity index (χ0n) is 15.2. The number of amides is 1. The molecule has 0 aliphatic heterocycles. The molecule has 2 aromatic heterocycles. The Morgan fingerprint density at radius 1 is 1.26 bits per heavy atom. The van der Waals surface area contributed by atoms with Crippen molar-refractivity contribution in [3.8, 4) is 11.4 Å². The molecular weight excluding hydrogens is 347 g/mol. The van der Waals surface area contributed by atoms with Gasteiger partial charge in [-0.05, 0) is 43.9 Å². The summed E-state index contributed by atoms with van der Waals surface area (Å²) in [7, 11) is 3.62. The second kappa shape index (κ2) is 8.50. The highest BCUT2D eigenvalue weighted by atomic mass is 19.1. The maximum Gasteiger partial charge on any atom is 0.241 e. The second-order valence-electron chi connectivity index (χ2n) is 6.31. The maximum atomic E-state index is 13.1. The van der Waals surface area contributed by atoms with Crippen molar-refractivity contribution in [1.29, 1.82) is 0 Å². The van der Waals surface area contributed by atoms with E-state index in [1.807, 2.05) is 26.2 Å². The first kappa shape index (κ1) is 18.7. The third kappa shape index (κ3) is 4.73. The molecule has 1 atom stereocenters. The molecule has 1 amide bonds. The van der Waals surface area contributed by atoms with Gasteiger partial charge in [0.2, 0.25) is 5.91 Å². The van der Waals surface area contributed by atoms with Crippen molar-refractivity contribution in [1.82, 2.24) is 30.4 Å². The number of pyridine rings is 1. The van der Waals surface area contributed by atoms with Gasteiger partial charge in [-0.15, -0.1) is 0 Å². The first-order valence-electron chi connectivity index (χ1n) is 8.56. The van der Waals surface area contributed by atoms with E-state index >= 15 is 0 Å². The Hall–Kier alpha value is -3.13. The second-order valence-corrected chi connectivity index (χ2v) is 6.31. The van der Waals surface area contributed by atoms with Crippen LogP contribution in [-0.4, -0.2) is 51.6 Å². The van der Waals surface area contributed by atoms with Gasteiger partial charge in [-0.1, -0.05) is 12.1 Å². The number of nitrogens with one attached hydrogen (secondary N) is 2. The number of benzene rings is 1. The predicted molar refractivity (Wildman–Crippen MR) is 99.2 cm³/mol. The average Bonchev–Trinajstić information content (AvgIpc) is 3.13. The van der Waals surface area contributed by atoms with E-state index in [0.717, 1.165) is 11.1 Å². The number of hydrogen-bond donors (Lipinski definition) is 2. The molecule has 0 radical (unpaired) electrons. The first-order chi connectivity index (χ1) is 13.0. The molecule has 27 heavy (non-hydrogen) atoms. The van der Waals surface area contributed by atoms with Crippen LogP contribution in [-0.2, 0) is 11.2 Å². The first-order valence-corrected chi connectivity index (χ1v) is 8.56. The summed E-state index contributed by atoms with van der Waals surface area (Å²) >= 11 is 0. The lowest BCUT2D eigenvalue weighted by molar-refractivity contribution is -0.125. The Balaban J connectivity index is 1.58. The lowest BCUT2D eigenvalue weighted by atomic mass is 10.1. The number of H-pyrrole nitrogens is 1. The summed E-state index contributed by atoms with van der Waals surface area (Å²) in [6, 6.07) is 9.16. The smallest absolute Gasteiger partial charge is 0.241 e. The number of nitrogens with zero attached hydrogens (tertiary/aromatic N) is 4. The molecule has 140 valence electrons. The van der Waals surface area contributed by atoms with Gasteiger partial charge >= 0.3 is 0 Å². The molecular formula is C19H21FN6O. The molecule has 0 fully saturated rings. The minimum absolute atomic E-state index is 0.154. The zero-order valence-corrected chi connectivity index (χ0v) is 15.2. The van der Waals surface area contributed by atoms with Gasteiger partial charge in [0, 0.05) is 30.9 Å².